The Morgan fingerprint density at radius 3 is 2.86 bits per heavy atom. The molecule has 2 amide bonds. The van der Waals surface area contributed by atoms with Crippen LogP contribution in [0.2, 0.25) is 0 Å². The van der Waals surface area contributed by atoms with Gasteiger partial charge in [-0.05, 0) is 37.0 Å². The van der Waals surface area contributed by atoms with Crippen LogP contribution < -0.4 is 10.6 Å². The molecule has 1 atom stereocenters. The summed E-state index contributed by atoms with van der Waals surface area (Å²) in [4.78, 5) is 17.3. The summed E-state index contributed by atoms with van der Waals surface area (Å²) >= 11 is 1.65. The van der Waals surface area contributed by atoms with Crippen LogP contribution in [0, 0.1) is 11.3 Å². The number of amides is 2. The van der Waals surface area contributed by atoms with Crippen molar-refractivity contribution >= 4 is 22.9 Å². The predicted octanol–water partition coefficient (Wildman–Crippen LogP) is 5.24. The Bertz CT molecular complexity index is 949. The molecule has 0 radical (unpaired) electrons. The molecular weight excluding hydrogens is 368 g/mol. The molecule has 1 fully saturated rings. The van der Waals surface area contributed by atoms with Crippen molar-refractivity contribution in [2.75, 3.05) is 0 Å². The minimum absolute atomic E-state index is 0.211. The summed E-state index contributed by atoms with van der Waals surface area (Å²) in [5.74, 6) is 0.552. The highest BCUT2D eigenvalue weighted by Crippen LogP contribution is 2.39. The summed E-state index contributed by atoms with van der Waals surface area (Å²) in [6.45, 7) is 2.04. The third-order valence-corrected chi connectivity index (χ3v) is 6.53. The van der Waals surface area contributed by atoms with Crippen LogP contribution in [0.25, 0.3) is 5.57 Å². The van der Waals surface area contributed by atoms with Gasteiger partial charge in [0, 0.05) is 22.6 Å². The first kappa shape index (κ1) is 18.7. The number of thiazole rings is 1. The van der Waals surface area contributed by atoms with Crippen LogP contribution in [0.15, 0.2) is 35.3 Å². The number of hydrogen-bond acceptors (Lipinski definition) is 4. The lowest BCUT2D eigenvalue weighted by Gasteiger charge is -2.29. The van der Waals surface area contributed by atoms with Gasteiger partial charge in [0.05, 0.1) is 23.4 Å². The Labute approximate surface area is 169 Å². The third-order valence-electron chi connectivity index (χ3n) is 5.63. The van der Waals surface area contributed by atoms with E-state index in [0.29, 0.717) is 11.5 Å². The van der Waals surface area contributed by atoms with Crippen molar-refractivity contribution < 1.29 is 4.79 Å². The lowest BCUT2D eigenvalue weighted by atomic mass is 9.87. The molecule has 1 saturated carbocycles. The minimum Gasteiger partial charge on any atom is -0.327 e. The first-order valence-corrected chi connectivity index (χ1v) is 10.8. The zero-order valence-corrected chi connectivity index (χ0v) is 16.8. The van der Waals surface area contributed by atoms with Crippen LogP contribution in [0.3, 0.4) is 0 Å². The Morgan fingerprint density at radius 1 is 1.29 bits per heavy atom. The summed E-state index contributed by atoms with van der Waals surface area (Å²) in [6.07, 6.45) is 7.03. The third kappa shape index (κ3) is 3.67. The minimum atomic E-state index is -0.303. The molecule has 0 bridgehead atoms. The first-order valence-electron chi connectivity index (χ1n) is 9.96. The smallest absolute Gasteiger partial charge is 0.319 e. The molecule has 1 unspecified atom stereocenters. The molecule has 1 aromatic heterocycles. The second-order valence-corrected chi connectivity index (χ2v) is 8.29. The maximum atomic E-state index is 12.3. The van der Waals surface area contributed by atoms with Crippen LogP contribution in [0.1, 0.15) is 79.2 Å². The predicted molar refractivity (Wildman–Crippen MR) is 111 cm³/mol. The molecule has 1 aliphatic heterocycles. The van der Waals surface area contributed by atoms with Crippen LogP contribution in [-0.2, 0) is 0 Å². The second kappa shape index (κ2) is 8.15. The average molecular weight is 393 g/mol. The van der Waals surface area contributed by atoms with Gasteiger partial charge < -0.3 is 10.6 Å². The van der Waals surface area contributed by atoms with Gasteiger partial charge in [-0.2, -0.15) is 5.26 Å². The number of hydrogen-bond donors (Lipinski definition) is 2. The molecule has 0 spiro atoms. The zero-order chi connectivity index (χ0) is 19.5. The van der Waals surface area contributed by atoms with E-state index in [2.05, 4.69) is 22.1 Å². The summed E-state index contributed by atoms with van der Waals surface area (Å²) in [5, 5.41) is 18.4. The molecule has 0 saturated heterocycles. The van der Waals surface area contributed by atoms with E-state index in [9.17, 15) is 10.1 Å². The summed E-state index contributed by atoms with van der Waals surface area (Å²) in [5.41, 5.74) is 4.60. The van der Waals surface area contributed by atoms with E-state index < -0.39 is 0 Å². The lowest BCUT2D eigenvalue weighted by molar-refractivity contribution is 0.240. The topological polar surface area (TPSA) is 77.8 Å². The molecule has 1 aromatic carbocycles. The Hall–Kier alpha value is -2.65. The quantitative estimate of drug-likeness (QED) is 0.747. The van der Waals surface area contributed by atoms with Crippen LogP contribution in [0.4, 0.5) is 4.79 Å². The van der Waals surface area contributed by atoms with Gasteiger partial charge in [0.2, 0.25) is 0 Å². The van der Waals surface area contributed by atoms with Crippen molar-refractivity contribution in [1.29, 1.82) is 5.26 Å². The number of urea groups is 1. The number of carbonyl (C=O) groups is 1. The summed E-state index contributed by atoms with van der Waals surface area (Å²) in [7, 11) is 0. The fraction of sp³-hybridized carbons (Fsp3) is 0.409. The number of allylic oxidation sites excluding steroid dienone is 1. The van der Waals surface area contributed by atoms with Crippen LogP contribution in [0.5, 0.6) is 0 Å². The van der Waals surface area contributed by atoms with Gasteiger partial charge in [-0.25, -0.2) is 9.78 Å². The summed E-state index contributed by atoms with van der Waals surface area (Å²) < 4.78 is 0. The molecule has 2 aromatic rings. The molecule has 5 nitrogen and oxygen atoms in total. The van der Waals surface area contributed by atoms with Crippen LogP contribution in [-0.4, -0.2) is 11.0 Å². The van der Waals surface area contributed by atoms with E-state index >= 15 is 0 Å². The molecule has 28 heavy (non-hydrogen) atoms. The maximum Gasteiger partial charge on any atom is 0.319 e. The van der Waals surface area contributed by atoms with Crippen molar-refractivity contribution in [3.63, 3.8) is 0 Å². The first-order chi connectivity index (χ1) is 13.7. The second-order valence-electron chi connectivity index (χ2n) is 7.43. The number of carbonyl (C=O) groups excluding carboxylic acids is 1. The maximum absolute atomic E-state index is 12.3. The van der Waals surface area contributed by atoms with Gasteiger partial charge in [0.1, 0.15) is 5.01 Å². The molecule has 2 heterocycles. The van der Waals surface area contributed by atoms with E-state index in [1.807, 2.05) is 25.1 Å². The van der Waals surface area contributed by atoms with Crippen molar-refractivity contribution in [3.8, 4) is 6.07 Å². The Balaban J connectivity index is 1.75. The molecule has 2 aliphatic rings. The molecule has 2 N–H and O–H groups in total. The van der Waals surface area contributed by atoms with E-state index in [4.69, 9.17) is 4.98 Å². The lowest BCUT2D eigenvalue weighted by Crippen LogP contribution is -2.43. The number of benzene rings is 1. The normalized spacial score (nSPS) is 20.4. The number of nitrogens with zero attached hydrogens (tertiary/aromatic N) is 2. The number of rotatable bonds is 4. The van der Waals surface area contributed by atoms with Gasteiger partial charge >= 0.3 is 6.03 Å². The zero-order valence-electron chi connectivity index (χ0n) is 16.0. The molecule has 4 rings (SSSR count). The van der Waals surface area contributed by atoms with Crippen molar-refractivity contribution in [3.05, 3.63) is 57.2 Å². The van der Waals surface area contributed by atoms with Crippen molar-refractivity contribution in [2.24, 2.45) is 0 Å². The Morgan fingerprint density at radius 2 is 2.11 bits per heavy atom. The van der Waals surface area contributed by atoms with Gasteiger partial charge in [-0.3, -0.25) is 0 Å². The fourth-order valence-electron chi connectivity index (χ4n) is 4.18. The van der Waals surface area contributed by atoms with Crippen LogP contribution >= 0.6 is 11.3 Å². The van der Waals surface area contributed by atoms with E-state index in [-0.39, 0.29) is 12.1 Å². The largest absolute Gasteiger partial charge is 0.327 e. The van der Waals surface area contributed by atoms with Gasteiger partial charge in [-0.15, -0.1) is 11.3 Å². The number of nitrogens with one attached hydrogen (secondary N) is 2. The highest BCUT2D eigenvalue weighted by atomic mass is 32.1. The number of aromatic nitrogens is 1. The van der Waals surface area contributed by atoms with Gasteiger partial charge in [0.15, 0.2) is 0 Å². The van der Waals surface area contributed by atoms with Crippen molar-refractivity contribution in [1.82, 2.24) is 15.6 Å². The van der Waals surface area contributed by atoms with E-state index in [0.717, 1.165) is 28.3 Å². The average Bonchev–Trinajstić information content (AvgIpc) is 3.23. The highest BCUT2D eigenvalue weighted by Gasteiger charge is 2.31. The summed E-state index contributed by atoms with van der Waals surface area (Å²) in [6, 6.07) is 9.12. The van der Waals surface area contributed by atoms with Gasteiger partial charge in [-0.1, -0.05) is 38.3 Å². The monoisotopic (exact) mass is 392 g/mol. The van der Waals surface area contributed by atoms with E-state index in [1.165, 1.54) is 37.8 Å². The van der Waals surface area contributed by atoms with Crippen molar-refractivity contribution in [2.45, 2.75) is 57.4 Å². The van der Waals surface area contributed by atoms with E-state index in [1.54, 1.807) is 17.4 Å². The molecule has 1 aliphatic carbocycles. The fourth-order valence-corrected chi connectivity index (χ4v) is 5.19. The SMILES string of the molecule is CCC1=C(c2nc(C3CCCCC3)cs2)C(c2cccc(C#N)c2)NC(=O)N1. The number of nitriles is 1. The molecular formula is C22H24N4OS. The standard InChI is InChI=1S/C22H24N4OS/c1-2-17-19(21-24-18(13-28-21)15-8-4-3-5-9-15)20(26-22(27)25-17)16-10-6-7-14(11-16)12-23/h6-7,10-11,13,15,20H,2-5,8-9H2,1H3,(H2,25,26,27). The Kier molecular flexibility index (Phi) is 5.45. The molecule has 6 heteroatoms. The highest BCUT2D eigenvalue weighted by molar-refractivity contribution is 7.10. The van der Waals surface area contributed by atoms with Gasteiger partial charge in [0.25, 0.3) is 0 Å². The molecule has 144 valence electrons.